The number of thiophene rings is 1. The van der Waals surface area contributed by atoms with E-state index < -0.39 is 0 Å². The van der Waals surface area contributed by atoms with E-state index in [0.29, 0.717) is 14.4 Å². The Morgan fingerprint density at radius 2 is 2.17 bits per heavy atom. The van der Waals surface area contributed by atoms with E-state index in [0.717, 1.165) is 16.2 Å². The number of hydrogen-bond donors (Lipinski definition) is 1. The van der Waals surface area contributed by atoms with Crippen LogP contribution in [0.4, 0.5) is 5.13 Å². The van der Waals surface area contributed by atoms with Crippen LogP contribution in [0.3, 0.4) is 0 Å². The van der Waals surface area contributed by atoms with Gasteiger partial charge in [-0.05, 0) is 30.0 Å². The summed E-state index contributed by atoms with van der Waals surface area (Å²) in [5.74, 6) is -0.562. The molecule has 152 valence electrons. The van der Waals surface area contributed by atoms with Crippen molar-refractivity contribution >= 4 is 74.0 Å². The summed E-state index contributed by atoms with van der Waals surface area (Å²) in [7, 11) is 0. The molecule has 1 aromatic carbocycles. The van der Waals surface area contributed by atoms with Crippen molar-refractivity contribution < 1.29 is 9.59 Å². The molecule has 0 atom stereocenters. The number of carbonyl (C=O) groups is 2. The predicted molar refractivity (Wildman–Crippen MR) is 129 cm³/mol. The standard InChI is InChI=1S/C21H17N3O2S4/c1-13-4-2-5-14(8-13)9-16-11-22-20(29-16)23-18(25)12-24-19(26)17(30-21(24)27)10-15-6-3-7-28-15/h2-8,10-11H,9,12H2,1H3,(H,22,23,25). The molecular weight excluding hydrogens is 455 g/mol. The van der Waals surface area contributed by atoms with Gasteiger partial charge in [-0.2, -0.15) is 0 Å². The van der Waals surface area contributed by atoms with E-state index >= 15 is 0 Å². The van der Waals surface area contributed by atoms with Gasteiger partial charge in [0.2, 0.25) is 5.91 Å². The van der Waals surface area contributed by atoms with Crippen LogP contribution in [0.25, 0.3) is 6.08 Å². The van der Waals surface area contributed by atoms with Gasteiger partial charge in [-0.15, -0.1) is 22.7 Å². The maximum absolute atomic E-state index is 12.6. The minimum absolute atomic E-state index is 0.126. The number of aromatic nitrogens is 1. The summed E-state index contributed by atoms with van der Waals surface area (Å²) in [4.78, 5) is 33.3. The second-order valence-corrected chi connectivity index (χ2v) is 10.4. The van der Waals surface area contributed by atoms with Gasteiger partial charge >= 0.3 is 0 Å². The molecular formula is C21H17N3O2S4. The molecule has 0 bridgehead atoms. The lowest BCUT2D eigenvalue weighted by molar-refractivity contribution is -0.126. The molecule has 30 heavy (non-hydrogen) atoms. The SMILES string of the molecule is Cc1cccc(Cc2cnc(NC(=O)CN3C(=O)C(=Cc4cccs4)SC3=S)s2)c1. The summed E-state index contributed by atoms with van der Waals surface area (Å²) in [6, 6.07) is 12.2. The molecule has 1 saturated heterocycles. The Hall–Kier alpha value is -2.33. The monoisotopic (exact) mass is 471 g/mol. The van der Waals surface area contributed by atoms with Crippen LogP contribution in [-0.4, -0.2) is 32.6 Å². The van der Waals surface area contributed by atoms with Crippen LogP contribution in [0.1, 0.15) is 20.9 Å². The highest BCUT2D eigenvalue weighted by molar-refractivity contribution is 8.26. The molecule has 1 fully saturated rings. The molecule has 3 aromatic rings. The van der Waals surface area contributed by atoms with Crippen LogP contribution in [0.5, 0.6) is 0 Å². The van der Waals surface area contributed by atoms with E-state index in [4.69, 9.17) is 12.2 Å². The van der Waals surface area contributed by atoms with Crippen molar-refractivity contribution in [3.05, 3.63) is 73.8 Å². The topological polar surface area (TPSA) is 62.3 Å². The molecule has 3 heterocycles. The average molecular weight is 472 g/mol. The molecule has 1 N–H and O–H groups in total. The lowest BCUT2D eigenvalue weighted by Gasteiger charge is -2.13. The molecule has 5 nitrogen and oxygen atoms in total. The number of nitrogens with one attached hydrogen (secondary N) is 1. The highest BCUT2D eigenvalue weighted by atomic mass is 32.2. The Morgan fingerprint density at radius 3 is 2.93 bits per heavy atom. The summed E-state index contributed by atoms with van der Waals surface area (Å²) >= 11 is 9.49. The third-order valence-corrected chi connectivity index (χ3v) is 7.36. The summed E-state index contributed by atoms with van der Waals surface area (Å²) in [6.45, 7) is 1.93. The Kier molecular flexibility index (Phi) is 6.43. The first-order valence-corrected chi connectivity index (χ1v) is 12.0. The Bertz CT molecular complexity index is 1130. The van der Waals surface area contributed by atoms with Crippen molar-refractivity contribution in [3.8, 4) is 0 Å². The zero-order chi connectivity index (χ0) is 21.1. The van der Waals surface area contributed by atoms with E-state index in [-0.39, 0.29) is 18.4 Å². The number of thiocarbonyl (C=S) groups is 1. The summed E-state index contributed by atoms with van der Waals surface area (Å²) < 4.78 is 0.386. The van der Waals surface area contributed by atoms with Gasteiger partial charge in [0, 0.05) is 22.4 Å². The minimum Gasteiger partial charge on any atom is -0.300 e. The second kappa shape index (κ2) is 9.22. The Labute approximate surface area is 191 Å². The number of hydrogen-bond acceptors (Lipinski definition) is 7. The molecule has 0 spiro atoms. The minimum atomic E-state index is -0.319. The van der Waals surface area contributed by atoms with E-state index in [2.05, 4.69) is 35.4 Å². The van der Waals surface area contributed by atoms with Crippen LogP contribution in [0, 0.1) is 6.92 Å². The largest absolute Gasteiger partial charge is 0.300 e. The highest BCUT2D eigenvalue weighted by Crippen LogP contribution is 2.33. The van der Waals surface area contributed by atoms with Gasteiger partial charge in [0.25, 0.3) is 5.91 Å². The van der Waals surface area contributed by atoms with Crippen LogP contribution in [0.15, 0.2) is 52.9 Å². The molecule has 9 heteroatoms. The molecule has 0 aliphatic carbocycles. The Morgan fingerprint density at radius 1 is 1.30 bits per heavy atom. The smallest absolute Gasteiger partial charge is 0.266 e. The third-order valence-electron chi connectivity index (χ3n) is 4.25. The van der Waals surface area contributed by atoms with Crippen LogP contribution < -0.4 is 5.32 Å². The number of rotatable bonds is 6. The lowest BCUT2D eigenvalue weighted by atomic mass is 10.1. The van der Waals surface area contributed by atoms with Crippen molar-refractivity contribution in [3.63, 3.8) is 0 Å². The van der Waals surface area contributed by atoms with E-state index in [1.165, 1.54) is 39.1 Å². The number of carbonyl (C=O) groups excluding carboxylic acids is 2. The second-order valence-electron chi connectivity index (χ2n) is 6.63. The fourth-order valence-electron chi connectivity index (χ4n) is 2.91. The van der Waals surface area contributed by atoms with Crippen molar-refractivity contribution in [2.75, 3.05) is 11.9 Å². The lowest BCUT2D eigenvalue weighted by Crippen LogP contribution is -2.36. The maximum atomic E-state index is 12.6. The fraction of sp³-hybridized carbons (Fsp3) is 0.143. The van der Waals surface area contributed by atoms with Gasteiger partial charge in [-0.25, -0.2) is 4.98 Å². The zero-order valence-electron chi connectivity index (χ0n) is 16.0. The first kappa shape index (κ1) is 20.9. The molecule has 1 aliphatic heterocycles. The normalized spacial score (nSPS) is 15.2. The van der Waals surface area contributed by atoms with Crippen molar-refractivity contribution in [1.82, 2.24) is 9.88 Å². The number of anilines is 1. The van der Waals surface area contributed by atoms with Crippen molar-refractivity contribution in [2.24, 2.45) is 0 Å². The zero-order valence-corrected chi connectivity index (χ0v) is 19.2. The molecule has 4 rings (SSSR count). The quantitative estimate of drug-likeness (QED) is 0.407. The molecule has 2 amide bonds. The van der Waals surface area contributed by atoms with Gasteiger partial charge in [0.15, 0.2) is 5.13 Å². The summed E-state index contributed by atoms with van der Waals surface area (Å²) in [6.07, 6.45) is 4.34. The van der Waals surface area contributed by atoms with Crippen LogP contribution in [-0.2, 0) is 16.0 Å². The van der Waals surface area contributed by atoms with E-state index in [9.17, 15) is 9.59 Å². The van der Waals surface area contributed by atoms with Crippen molar-refractivity contribution in [1.29, 1.82) is 0 Å². The first-order valence-electron chi connectivity index (χ1n) is 9.07. The van der Waals surface area contributed by atoms with Crippen molar-refractivity contribution in [2.45, 2.75) is 13.3 Å². The summed E-state index contributed by atoms with van der Waals surface area (Å²) in [5, 5.41) is 5.24. The number of thiazole rings is 1. The number of thioether (sulfide) groups is 1. The van der Waals surface area contributed by atoms with Gasteiger partial charge in [0.1, 0.15) is 10.9 Å². The fourth-order valence-corrected chi connectivity index (χ4v) is 5.75. The van der Waals surface area contributed by atoms with E-state index in [1.54, 1.807) is 23.6 Å². The highest BCUT2D eigenvalue weighted by Gasteiger charge is 2.33. The molecule has 2 aromatic heterocycles. The first-order chi connectivity index (χ1) is 14.5. The van der Waals surface area contributed by atoms with Crippen LogP contribution in [0.2, 0.25) is 0 Å². The number of amides is 2. The summed E-state index contributed by atoms with van der Waals surface area (Å²) in [5.41, 5.74) is 2.41. The molecule has 0 saturated carbocycles. The van der Waals surface area contributed by atoms with Gasteiger partial charge in [0.05, 0.1) is 4.91 Å². The Balaban J connectivity index is 1.36. The number of aryl methyl sites for hydroxylation is 1. The predicted octanol–water partition coefficient (Wildman–Crippen LogP) is 4.94. The number of benzene rings is 1. The molecule has 1 aliphatic rings. The van der Waals surface area contributed by atoms with Gasteiger partial charge < -0.3 is 5.32 Å². The number of nitrogens with zero attached hydrogens (tertiary/aromatic N) is 2. The van der Waals surface area contributed by atoms with Gasteiger partial charge in [-0.3, -0.25) is 14.5 Å². The molecule has 0 unspecified atom stereocenters. The van der Waals surface area contributed by atoms with E-state index in [1.807, 2.05) is 23.6 Å². The average Bonchev–Trinajstić information content (AvgIpc) is 3.42. The third kappa shape index (κ3) is 5.04. The van der Waals surface area contributed by atoms with Crippen LogP contribution >= 0.6 is 46.7 Å². The molecule has 0 radical (unpaired) electrons. The maximum Gasteiger partial charge on any atom is 0.266 e. The van der Waals surface area contributed by atoms with Gasteiger partial charge in [-0.1, -0.05) is 59.9 Å².